The summed E-state index contributed by atoms with van der Waals surface area (Å²) < 4.78 is 5.89. The largest absolute Gasteiger partial charge is 0.480 e. The smallest absolute Gasteiger partial charge is 0.316 e. The molecule has 1 heterocycles. The number of carbonyl (C=O) groups is 2. The Balaban J connectivity index is 1.75. The van der Waals surface area contributed by atoms with E-state index in [0.29, 0.717) is 16.4 Å². The van der Waals surface area contributed by atoms with Crippen molar-refractivity contribution in [3.05, 3.63) is 29.8 Å². The number of hydrogen-bond donors (Lipinski definition) is 2. The highest BCUT2D eigenvalue weighted by Crippen LogP contribution is 2.51. The first kappa shape index (κ1) is 18.3. The van der Waals surface area contributed by atoms with Crippen molar-refractivity contribution in [1.29, 1.82) is 0 Å². The maximum absolute atomic E-state index is 12.9. The van der Waals surface area contributed by atoms with Gasteiger partial charge in [0.15, 0.2) is 0 Å². The number of ether oxygens (including phenoxy) is 1. The van der Waals surface area contributed by atoms with E-state index in [4.69, 9.17) is 9.84 Å². The van der Waals surface area contributed by atoms with Gasteiger partial charge in [-0.05, 0) is 31.9 Å². The zero-order valence-corrected chi connectivity index (χ0v) is 15.6. The van der Waals surface area contributed by atoms with E-state index in [1.54, 1.807) is 19.1 Å². The van der Waals surface area contributed by atoms with Gasteiger partial charge in [-0.3, -0.25) is 9.59 Å². The monoisotopic (exact) mass is 363 g/mol. The summed E-state index contributed by atoms with van der Waals surface area (Å²) in [5.41, 5.74) is 0.452. The number of carbonyl (C=O) groups excluding carboxylic acids is 1. The summed E-state index contributed by atoms with van der Waals surface area (Å²) in [7, 11) is 0. The minimum Gasteiger partial charge on any atom is -0.480 e. The van der Waals surface area contributed by atoms with Crippen molar-refractivity contribution in [1.82, 2.24) is 5.32 Å². The van der Waals surface area contributed by atoms with Gasteiger partial charge in [-0.25, -0.2) is 0 Å². The van der Waals surface area contributed by atoms with Crippen molar-refractivity contribution in [2.75, 3.05) is 6.61 Å². The van der Waals surface area contributed by atoms with E-state index in [0.717, 1.165) is 19.4 Å². The van der Waals surface area contributed by atoms with Gasteiger partial charge >= 0.3 is 5.97 Å². The van der Waals surface area contributed by atoms with Crippen LogP contribution in [0.3, 0.4) is 0 Å². The second kappa shape index (κ2) is 7.00. The van der Waals surface area contributed by atoms with Crippen molar-refractivity contribution >= 4 is 23.6 Å². The van der Waals surface area contributed by atoms with Crippen LogP contribution in [0, 0.1) is 11.3 Å². The molecule has 3 rings (SSSR count). The molecule has 0 radical (unpaired) electrons. The summed E-state index contributed by atoms with van der Waals surface area (Å²) >= 11 is 1.20. The topological polar surface area (TPSA) is 75.6 Å². The summed E-state index contributed by atoms with van der Waals surface area (Å²) in [6.07, 6.45) is 2.32. The second-order valence-electron chi connectivity index (χ2n) is 7.46. The number of nitrogens with one attached hydrogen (secondary N) is 1. The number of hydrogen-bond acceptors (Lipinski definition) is 4. The lowest BCUT2D eigenvalue weighted by Crippen LogP contribution is -2.70. The minimum atomic E-state index is -0.887. The standard InChI is InChI=1S/C19H25NO4S/c1-11(18(22)23)25-14-9-5-4-7-12(14)17(21)20-15-13-8-6-10-24-16(13)19(15,2)3/h4-5,7,9,11,13,15-16H,6,8,10H2,1-3H3,(H,20,21)(H,22,23). The van der Waals surface area contributed by atoms with Crippen molar-refractivity contribution < 1.29 is 19.4 Å². The Morgan fingerprint density at radius 2 is 2.08 bits per heavy atom. The van der Waals surface area contributed by atoms with Crippen LogP contribution in [0.5, 0.6) is 0 Å². The van der Waals surface area contributed by atoms with Crippen LogP contribution in [0.15, 0.2) is 29.2 Å². The van der Waals surface area contributed by atoms with Gasteiger partial charge in [-0.2, -0.15) is 0 Å². The summed E-state index contributed by atoms with van der Waals surface area (Å²) in [5, 5.41) is 11.7. The first-order valence-electron chi connectivity index (χ1n) is 8.73. The molecule has 25 heavy (non-hydrogen) atoms. The molecule has 4 atom stereocenters. The van der Waals surface area contributed by atoms with Gasteiger partial charge in [-0.15, -0.1) is 11.8 Å². The number of carboxylic acids is 1. The summed E-state index contributed by atoms with van der Waals surface area (Å²) in [6.45, 7) is 6.70. The molecule has 4 unspecified atom stereocenters. The van der Waals surface area contributed by atoms with E-state index in [-0.39, 0.29) is 23.5 Å². The molecule has 1 aromatic carbocycles. The van der Waals surface area contributed by atoms with Crippen molar-refractivity contribution in [3.8, 4) is 0 Å². The van der Waals surface area contributed by atoms with Gasteiger partial charge in [0.1, 0.15) is 5.25 Å². The Kier molecular flexibility index (Phi) is 5.11. The number of fused-ring (bicyclic) bond motifs is 1. The number of rotatable bonds is 5. The Morgan fingerprint density at radius 3 is 2.80 bits per heavy atom. The maximum atomic E-state index is 12.9. The van der Waals surface area contributed by atoms with Gasteiger partial charge in [-0.1, -0.05) is 26.0 Å². The summed E-state index contributed by atoms with van der Waals surface area (Å²) in [5.74, 6) is -0.657. The highest BCUT2D eigenvalue weighted by Gasteiger charge is 2.58. The molecule has 1 aromatic rings. The molecule has 1 aliphatic heterocycles. The van der Waals surface area contributed by atoms with Crippen LogP contribution in [-0.2, 0) is 9.53 Å². The molecule has 1 saturated carbocycles. The first-order chi connectivity index (χ1) is 11.8. The SMILES string of the molecule is CC(Sc1ccccc1C(=O)NC1C2CCCOC2C1(C)C)C(=O)O. The van der Waals surface area contributed by atoms with Gasteiger partial charge in [0.05, 0.1) is 11.7 Å². The fourth-order valence-electron chi connectivity index (χ4n) is 4.03. The van der Waals surface area contributed by atoms with Gasteiger partial charge in [0.2, 0.25) is 0 Å². The van der Waals surface area contributed by atoms with E-state index in [9.17, 15) is 9.59 Å². The molecule has 0 bridgehead atoms. The van der Waals surface area contributed by atoms with Crippen LogP contribution >= 0.6 is 11.8 Å². The Hall–Kier alpha value is -1.53. The molecule has 0 spiro atoms. The normalized spacial score (nSPS) is 28.4. The molecular formula is C19H25NO4S. The number of amides is 1. The Labute approximate surface area is 152 Å². The Morgan fingerprint density at radius 1 is 1.36 bits per heavy atom. The fourth-order valence-corrected chi connectivity index (χ4v) is 4.96. The van der Waals surface area contributed by atoms with Crippen LogP contribution in [-0.4, -0.2) is 41.0 Å². The third-order valence-corrected chi connectivity index (χ3v) is 6.57. The van der Waals surface area contributed by atoms with Crippen molar-refractivity contribution in [2.24, 2.45) is 11.3 Å². The van der Waals surface area contributed by atoms with Gasteiger partial charge < -0.3 is 15.2 Å². The van der Waals surface area contributed by atoms with Crippen LogP contribution in [0.25, 0.3) is 0 Å². The van der Waals surface area contributed by atoms with Crippen molar-refractivity contribution in [2.45, 2.75) is 55.9 Å². The van der Waals surface area contributed by atoms with Crippen LogP contribution in [0.4, 0.5) is 0 Å². The molecule has 1 saturated heterocycles. The molecule has 5 nitrogen and oxygen atoms in total. The molecule has 1 aliphatic carbocycles. The number of thioether (sulfide) groups is 1. The fraction of sp³-hybridized carbons (Fsp3) is 0.579. The molecule has 2 aliphatic rings. The van der Waals surface area contributed by atoms with Crippen LogP contribution in [0.1, 0.15) is 44.0 Å². The molecule has 2 fully saturated rings. The average molecular weight is 363 g/mol. The van der Waals surface area contributed by atoms with Crippen LogP contribution in [0.2, 0.25) is 0 Å². The van der Waals surface area contributed by atoms with E-state index in [1.807, 2.05) is 12.1 Å². The van der Waals surface area contributed by atoms with E-state index in [1.165, 1.54) is 11.8 Å². The zero-order valence-electron chi connectivity index (χ0n) is 14.8. The molecule has 0 aromatic heterocycles. The number of benzene rings is 1. The summed E-state index contributed by atoms with van der Waals surface area (Å²) in [4.78, 5) is 24.7. The van der Waals surface area contributed by atoms with E-state index in [2.05, 4.69) is 19.2 Å². The van der Waals surface area contributed by atoms with Crippen LogP contribution < -0.4 is 5.32 Å². The quantitative estimate of drug-likeness (QED) is 0.786. The van der Waals surface area contributed by atoms with E-state index < -0.39 is 11.2 Å². The number of aliphatic carboxylic acids is 1. The highest BCUT2D eigenvalue weighted by molar-refractivity contribution is 8.00. The van der Waals surface area contributed by atoms with E-state index >= 15 is 0 Å². The zero-order chi connectivity index (χ0) is 18.2. The predicted molar refractivity (Wildman–Crippen MR) is 96.9 cm³/mol. The highest BCUT2D eigenvalue weighted by atomic mass is 32.2. The predicted octanol–water partition coefficient (Wildman–Crippen LogP) is 3.19. The second-order valence-corrected chi connectivity index (χ2v) is 8.85. The average Bonchev–Trinajstić information content (AvgIpc) is 2.59. The molecule has 6 heteroatoms. The molecular weight excluding hydrogens is 338 g/mol. The maximum Gasteiger partial charge on any atom is 0.316 e. The minimum absolute atomic E-state index is 0.0836. The molecule has 1 amide bonds. The van der Waals surface area contributed by atoms with Crippen molar-refractivity contribution in [3.63, 3.8) is 0 Å². The first-order valence-corrected chi connectivity index (χ1v) is 9.61. The number of carboxylic acid groups (broad SMARTS) is 1. The van der Waals surface area contributed by atoms with Gasteiger partial charge in [0.25, 0.3) is 5.91 Å². The lowest BCUT2D eigenvalue weighted by Gasteiger charge is -2.59. The summed E-state index contributed by atoms with van der Waals surface area (Å²) in [6, 6.07) is 7.28. The third-order valence-electron chi connectivity index (χ3n) is 5.40. The lowest BCUT2D eigenvalue weighted by molar-refractivity contribution is -0.189. The lowest BCUT2D eigenvalue weighted by atomic mass is 9.55. The third kappa shape index (κ3) is 3.42. The van der Waals surface area contributed by atoms with Gasteiger partial charge in [0, 0.05) is 28.9 Å². The molecule has 2 N–H and O–H groups in total. The Bertz CT molecular complexity index is 675. The molecule has 136 valence electrons.